The highest BCUT2D eigenvalue weighted by Crippen LogP contribution is 2.62. The Balaban J connectivity index is 1.50. The number of carbonyl (C=O) groups is 2. The molecule has 1 saturated carbocycles. The molecule has 0 spiro atoms. The van der Waals surface area contributed by atoms with Crippen molar-refractivity contribution in [1.82, 2.24) is 4.90 Å². The second-order valence-electron chi connectivity index (χ2n) is 15.6. The van der Waals surface area contributed by atoms with Crippen molar-refractivity contribution in [3.63, 3.8) is 0 Å². The molecule has 2 aliphatic carbocycles. The Kier molecular flexibility index (Phi) is 15.7. The summed E-state index contributed by atoms with van der Waals surface area (Å²) in [6.45, 7) is 6.72. The van der Waals surface area contributed by atoms with Gasteiger partial charge in [0.15, 0.2) is 0 Å². The second kappa shape index (κ2) is 21.1. The monoisotopic (exact) mass is 835 g/mol. The Labute approximate surface area is 352 Å². The van der Waals surface area contributed by atoms with E-state index in [0.717, 1.165) is 49.7 Å². The van der Waals surface area contributed by atoms with E-state index >= 15 is 0 Å². The molecule has 60 heavy (non-hydrogen) atoms. The van der Waals surface area contributed by atoms with Gasteiger partial charge in [0.25, 0.3) is 0 Å². The fourth-order valence-corrected chi connectivity index (χ4v) is 9.20. The van der Waals surface area contributed by atoms with Crippen molar-refractivity contribution in [1.29, 1.82) is 0 Å². The van der Waals surface area contributed by atoms with Crippen molar-refractivity contribution >= 4 is 23.6 Å². The lowest BCUT2D eigenvalue weighted by atomic mass is 9.55. The van der Waals surface area contributed by atoms with Crippen molar-refractivity contribution in [2.75, 3.05) is 59.6 Å². The van der Waals surface area contributed by atoms with Gasteiger partial charge in [-0.05, 0) is 93.2 Å². The lowest BCUT2D eigenvalue weighted by Gasteiger charge is -2.59. The quantitative estimate of drug-likeness (QED) is 0.0721. The number of methoxy groups -OCH3 is 2. The zero-order chi connectivity index (χ0) is 42.6. The van der Waals surface area contributed by atoms with Gasteiger partial charge in [0.1, 0.15) is 29.0 Å². The fraction of sp³-hybridized carbons (Fsp3) is 0.578. The highest BCUT2D eigenvalue weighted by Gasteiger charge is 2.65. The van der Waals surface area contributed by atoms with Crippen molar-refractivity contribution < 1.29 is 57.8 Å². The maximum atomic E-state index is 13.7. The van der Waals surface area contributed by atoms with Crippen molar-refractivity contribution in [2.24, 2.45) is 22.9 Å². The number of amides is 2. The van der Waals surface area contributed by atoms with Gasteiger partial charge < -0.3 is 53.1 Å². The number of hydrogen-bond acceptors (Lipinski definition) is 13. The number of unbranched alkanes of at least 4 members (excludes halogenated alkanes) is 2. The molecule has 2 aromatic carbocycles. The number of likely N-dealkylation sites (N-methyl/N-ethyl adjacent to an activating group) is 1. The summed E-state index contributed by atoms with van der Waals surface area (Å²) < 4.78 is 42.2. The summed E-state index contributed by atoms with van der Waals surface area (Å²) >= 11 is 0. The first-order chi connectivity index (χ1) is 29.2. The van der Waals surface area contributed by atoms with Crippen LogP contribution in [-0.2, 0) is 19.0 Å². The van der Waals surface area contributed by atoms with Crippen LogP contribution in [0.15, 0.2) is 65.9 Å². The number of carbonyl (C=O) groups excluding carboxylic acids is 2. The number of benzene rings is 2. The second-order valence-corrected chi connectivity index (χ2v) is 15.6. The maximum absolute atomic E-state index is 13.7. The van der Waals surface area contributed by atoms with Gasteiger partial charge in [-0.25, -0.2) is 9.59 Å². The van der Waals surface area contributed by atoms with Gasteiger partial charge in [0, 0.05) is 50.7 Å². The Morgan fingerprint density at radius 3 is 2.52 bits per heavy atom. The number of aliphatic hydroxyl groups excluding tert-OH is 2. The van der Waals surface area contributed by atoms with Crippen LogP contribution in [0.5, 0.6) is 23.0 Å². The molecule has 1 saturated heterocycles. The number of ether oxygens (including phenoxy) is 7. The molecule has 0 radical (unpaired) electrons. The van der Waals surface area contributed by atoms with Crippen LogP contribution in [0.25, 0.3) is 0 Å². The molecule has 15 heteroatoms. The predicted octanol–water partition coefficient (Wildman–Crippen LogP) is 7.56. The summed E-state index contributed by atoms with van der Waals surface area (Å²) in [6.07, 6.45) is 9.30. The molecule has 2 fully saturated rings. The molecular weight excluding hydrogens is 775 g/mol. The Bertz CT molecular complexity index is 1850. The number of hydrogen-bond donors (Lipinski definition) is 3. The van der Waals surface area contributed by atoms with E-state index in [1.165, 1.54) is 12.0 Å². The summed E-state index contributed by atoms with van der Waals surface area (Å²) in [5.41, 5.74) is 2.72. The number of oxime groups is 1. The van der Waals surface area contributed by atoms with Gasteiger partial charge in [-0.1, -0.05) is 30.1 Å². The number of aliphatic hydroxyl groups is 2. The maximum Gasteiger partial charge on any atom is 0.417 e. The van der Waals surface area contributed by atoms with E-state index in [1.807, 2.05) is 6.07 Å². The third-order valence-electron chi connectivity index (χ3n) is 11.9. The van der Waals surface area contributed by atoms with Crippen LogP contribution in [0.2, 0.25) is 0 Å². The number of rotatable bonds is 19. The zero-order valence-corrected chi connectivity index (χ0v) is 35.3. The molecule has 1 unspecified atom stereocenters. The molecule has 15 nitrogen and oxygen atoms in total. The van der Waals surface area contributed by atoms with E-state index in [9.17, 15) is 19.8 Å². The van der Waals surface area contributed by atoms with Crippen molar-refractivity contribution in [2.45, 2.75) is 95.2 Å². The highest BCUT2D eigenvalue weighted by molar-refractivity contribution is 6.03. The number of nitrogens with one attached hydrogen (secondary N) is 1. The van der Waals surface area contributed by atoms with E-state index in [0.29, 0.717) is 54.5 Å². The fourth-order valence-electron chi connectivity index (χ4n) is 9.20. The minimum atomic E-state index is -1.45. The predicted molar refractivity (Wildman–Crippen MR) is 224 cm³/mol. The SMILES string of the molecule is C=CCO[C@@]12Oc3ccc(OC(=O)Nc4ccc(OC)cc4OC)cc3[C@H]3[C@H](CCCCO)[C@@H](CCCCO)C=C(C(=NOC4CCCCO4)C[C@@H]1N(C)C(=O)OCC)[C@H]32. The van der Waals surface area contributed by atoms with Crippen LogP contribution in [-0.4, -0.2) is 105 Å². The van der Waals surface area contributed by atoms with Crippen LogP contribution < -0.4 is 24.3 Å². The van der Waals surface area contributed by atoms with E-state index in [4.69, 9.17) is 43.2 Å². The Morgan fingerprint density at radius 2 is 1.82 bits per heavy atom. The standard InChI is InChI=1S/C45H61N3O12/c1-6-23-57-45-39(48(3)44(52)55-7-2)28-36(47-60-40-16-10-13-24-56-40)33-25-29(14-8-11-21-49)32(15-9-12-22-50)41(42(33)45)34-26-31(18-20-37(34)59-45)58-43(51)46-35-19-17-30(53-4)27-38(35)54-5/h6,17-20,25-27,29,32,39-42,49-50H,1,7-16,21-24,28H2,2-5H3,(H,46,51)/t29-,32+,39-,40?,41+,42+,45+/m0/s1. The molecule has 6 rings (SSSR count). The van der Waals surface area contributed by atoms with Gasteiger partial charge in [-0.15, -0.1) is 6.58 Å². The molecule has 2 aliphatic heterocycles. The molecule has 0 bridgehead atoms. The largest absolute Gasteiger partial charge is 0.497 e. The van der Waals surface area contributed by atoms with Crippen LogP contribution in [0.1, 0.15) is 82.6 Å². The summed E-state index contributed by atoms with van der Waals surface area (Å²) in [7, 11) is 4.73. The summed E-state index contributed by atoms with van der Waals surface area (Å²) in [6, 6.07) is 9.59. The van der Waals surface area contributed by atoms with E-state index < -0.39 is 36.2 Å². The van der Waals surface area contributed by atoms with E-state index in [2.05, 4.69) is 18.0 Å². The number of fused-ring (bicyclic) bond motifs is 2. The van der Waals surface area contributed by atoms with Crippen LogP contribution in [0.3, 0.4) is 0 Å². The van der Waals surface area contributed by atoms with Crippen molar-refractivity contribution in [3.05, 3.63) is 66.3 Å². The van der Waals surface area contributed by atoms with Gasteiger partial charge in [-0.3, -0.25) is 5.32 Å². The number of allylic oxidation sites excluding steroid dienone is 1. The number of anilines is 1. The molecule has 2 aromatic rings. The first-order valence-electron chi connectivity index (χ1n) is 21.2. The van der Waals surface area contributed by atoms with Gasteiger partial charge >= 0.3 is 12.2 Å². The third-order valence-corrected chi connectivity index (χ3v) is 11.9. The smallest absolute Gasteiger partial charge is 0.417 e. The lowest BCUT2D eigenvalue weighted by molar-refractivity contribution is -0.254. The topological polar surface area (TPSA) is 176 Å². The summed E-state index contributed by atoms with van der Waals surface area (Å²) in [4.78, 5) is 34.8. The van der Waals surface area contributed by atoms with Gasteiger partial charge in [0.05, 0.1) is 51.4 Å². The molecule has 7 atom stereocenters. The Hall–Kier alpha value is -4.83. The molecule has 3 N–H and O–H groups in total. The average Bonchev–Trinajstić information content (AvgIpc) is 3.26. The summed E-state index contributed by atoms with van der Waals surface area (Å²) in [5, 5.41) is 27.4. The molecule has 0 aromatic heterocycles. The average molecular weight is 836 g/mol. The molecule has 2 heterocycles. The lowest BCUT2D eigenvalue weighted by Crippen LogP contribution is -2.69. The van der Waals surface area contributed by atoms with Crippen LogP contribution >= 0.6 is 0 Å². The van der Waals surface area contributed by atoms with Gasteiger partial charge in [0.2, 0.25) is 12.1 Å². The minimum Gasteiger partial charge on any atom is -0.497 e. The molecule has 2 amide bonds. The minimum absolute atomic E-state index is 0.0143. The molecule has 4 aliphatic rings. The zero-order valence-electron chi connectivity index (χ0n) is 35.3. The normalized spacial score (nSPS) is 26.0. The summed E-state index contributed by atoms with van der Waals surface area (Å²) in [5.74, 6) is -0.560. The molecule has 328 valence electrons. The third kappa shape index (κ3) is 9.86. The van der Waals surface area contributed by atoms with E-state index in [1.54, 1.807) is 57.5 Å². The van der Waals surface area contributed by atoms with Crippen LogP contribution in [0, 0.1) is 17.8 Å². The highest BCUT2D eigenvalue weighted by atomic mass is 16.8. The van der Waals surface area contributed by atoms with E-state index in [-0.39, 0.29) is 56.4 Å². The van der Waals surface area contributed by atoms with Crippen LogP contribution in [0.4, 0.5) is 15.3 Å². The first-order valence-corrected chi connectivity index (χ1v) is 21.2. The van der Waals surface area contributed by atoms with Gasteiger partial charge in [-0.2, -0.15) is 0 Å². The Morgan fingerprint density at radius 1 is 1.03 bits per heavy atom. The molecular formula is C45H61N3O12. The van der Waals surface area contributed by atoms with Crippen molar-refractivity contribution in [3.8, 4) is 23.0 Å². The number of nitrogens with zero attached hydrogens (tertiary/aromatic N) is 2. The first kappa shape index (κ1) is 44.7.